The van der Waals surface area contributed by atoms with Gasteiger partial charge in [-0.15, -0.1) is 0 Å². The van der Waals surface area contributed by atoms with E-state index in [4.69, 9.17) is 28.9 Å². The van der Waals surface area contributed by atoms with Crippen LogP contribution in [0.2, 0.25) is 10.0 Å². The molecule has 0 aliphatic heterocycles. The Morgan fingerprint density at radius 3 is 2.24 bits per heavy atom. The van der Waals surface area contributed by atoms with Crippen LogP contribution in [0, 0.1) is 5.82 Å². The molecule has 0 atom stereocenters. The van der Waals surface area contributed by atoms with Crippen LogP contribution in [0.4, 0.5) is 21.5 Å². The molecule has 2 aromatic rings. The fourth-order valence-corrected chi connectivity index (χ4v) is 1.89. The average Bonchev–Trinajstić information content (AvgIpc) is 2.29. The summed E-state index contributed by atoms with van der Waals surface area (Å²) >= 11 is 12.0. The van der Waals surface area contributed by atoms with Gasteiger partial charge in [0.2, 0.25) is 0 Å². The zero-order valence-electron chi connectivity index (χ0n) is 8.68. The number of anilines is 3. The van der Waals surface area contributed by atoms with Crippen molar-refractivity contribution >= 4 is 40.3 Å². The number of hydrogen-bond donors (Lipinski definition) is 2. The van der Waals surface area contributed by atoms with Crippen LogP contribution in [0.5, 0.6) is 0 Å². The lowest BCUT2D eigenvalue weighted by Crippen LogP contribution is -1.99. The van der Waals surface area contributed by atoms with Gasteiger partial charge in [0, 0.05) is 0 Å². The minimum atomic E-state index is -0.488. The van der Waals surface area contributed by atoms with Crippen molar-refractivity contribution in [3.05, 3.63) is 52.3 Å². The van der Waals surface area contributed by atoms with Gasteiger partial charge in [-0.05, 0) is 24.3 Å². The van der Waals surface area contributed by atoms with Crippen LogP contribution in [0.15, 0.2) is 36.4 Å². The summed E-state index contributed by atoms with van der Waals surface area (Å²) in [7, 11) is 0. The van der Waals surface area contributed by atoms with Crippen molar-refractivity contribution in [2.75, 3.05) is 11.1 Å². The quantitative estimate of drug-likeness (QED) is 0.791. The molecule has 0 spiro atoms. The van der Waals surface area contributed by atoms with Gasteiger partial charge in [-0.2, -0.15) is 0 Å². The van der Waals surface area contributed by atoms with E-state index in [0.717, 1.165) is 0 Å². The van der Waals surface area contributed by atoms with Gasteiger partial charge >= 0.3 is 0 Å². The third-order valence-corrected chi connectivity index (χ3v) is 2.91. The van der Waals surface area contributed by atoms with Crippen LogP contribution in [-0.4, -0.2) is 0 Å². The van der Waals surface area contributed by atoms with Crippen LogP contribution in [0.3, 0.4) is 0 Å². The summed E-state index contributed by atoms with van der Waals surface area (Å²) in [6.45, 7) is 0. The van der Waals surface area contributed by atoms with E-state index in [9.17, 15) is 4.39 Å². The maximum Gasteiger partial charge on any atom is 0.148 e. The minimum absolute atomic E-state index is 0.0310. The summed E-state index contributed by atoms with van der Waals surface area (Å²) in [6, 6.07) is 9.59. The highest BCUT2D eigenvalue weighted by molar-refractivity contribution is 6.39. The molecule has 0 amide bonds. The third kappa shape index (κ3) is 2.46. The van der Waals surface area contributed by atoms with E-state index in [1.807, 2.05) is 0 Å². The van der Waals surface area contributed by atoms with Crippen molar-refractivity contribution in [3.8, 4) is 0 Å². The second kappa shape index (κ2) is 4.82. The molecule has 2 rings (SSSR count). The first-order valence-electron chi connectivity index (χ1n) is 4.84. The molecular formula is C12H9Cl2FN2. The lowest BCUT2D eigenvalue weighted by atomic mass is 10.2. The highest BCUT2D eigenvalue weighted by atomic mass is 35.5. The van der Waals surface area contributed by atoms with Crippen molar-refractivity contribution in [2.24, 2.45) is 0 Å². The molecular weight excluding hydrogens is 262 g/mol. The number of benzene rings is 2. The highest BCUT2D eigenvalue weighted by Crippen LogP contribution is 2.34. The van der Waals surface area contributed by atoms with Gasteiger partial charge in [0.25, 0.3) is 0 Å². The van der Waals surface area contributed by atoms with Gasteiger partial charge < -0.3 is 11.1 Å². The Morgan fingerprint density at radius 1 is 1.00 bits per heavy atom. The lowest BCUT2D eigenvalue weighted by molar-refractivity contribution is 0.633. The Kier molecular flexibility index (Phi) is 3.41. The second-order valence-corrected chi connectivity index (χ2v) is 4.24. The van der Waals surface area contributed by atoms with Gasteiger partial charge in [-0.3, -0.25) is 0 Å². The number of halogens is 3. The molecule has 88 valence electrons. The number of nitrogens with one attached hydrogen (secondary N) is 1. The number of para-hydroxylation sites is 2. The van der Waals surface area contributed by atoms with E-state index < -0.39 is 5.82 Å². The molecule has 0 aliphatic carbocycles. The fraction of sp³-hybridized carbons (Fsp3) is 0. The third-order valence-electron chi connectivity index (χ3n) is 2.28. The number of hydrogen-bond acceptors (Lipinski definition) is 2. The molecule has 2 aromatic carbocycles. The van der Waals surface area contributed by atoms with Crippen LogP contribution < -0.4 is 11.1 Å². The predicted octanol–water partition coefficient (Wildman–Crippen LogP) is 4.46. The molecule has 0 aliphatic rings. The van der Waals surface area contributed by atoms with E-state index in [2.05, 4.69) is 5.32 Å². The average molecular weight is 271 g/mol. The van der Waals surface area contributed by atoms with Crippen LogP contribution in [-0.2, 0) is 0 Å². The second-order valence-electron chi connectivity index (χ2n) is 3.42. The van der Waals surface area contributed by atoms with Crippen molar-refractivity contribution in [3.63, 3.8) is 0 Å². The summed E-state index contributed by atoms with van der Waals surface area (Å²) in [6.07, 6.45) is 0. The molecule has 0 saturated carbocycles. The van der Waals surface area contributed by atoms with E-state index in [-0.39, 0.29) is 5.69 Å². The zero-order valence-corrected chi connectivity index (χ0v) is 10.2. The van der Waals surface area contributed by atoms with Gasteiger partial charge in [-0.1, -0.05) is 35.3 Å². The molecule has 2 nitrogen and oxygen atoms in total. The Hall–Kier alpha value is -1.45. The van der Waals surface area contributed by atoms with Crippen LogP contribution in [0.1, 0.15) is 0 Å². The minimum Gasteiger partial charge on any atom is -0.395 e. The molecule has 0 fully saturated rings. The molecule has 0 saturated heterocycles. The zero-order chi connectivity index (χ0) is 12.4. The van der Waals surface area contributed by atoms with Crippen molar-refractivity contribution < 1.29 is 4.39 Å². The van der Waals surface area contributed by atoms with Gasteiger partial charge in [0.1, 0.15) is 5.82 Å². The standard InChI is InChI=1S/C12H9Cl2FN2/c13-7-3-1-4-8(14)12(7)17-10-6-2-5-9(15)11(10)16/h1-6,17H,16H2. The summed E-state index contributed by atoms with van der Waals surface area (Å²) in [5.41, 5.74) is 6.58. The largest absolute Gasteiger partial charge is 0.395 e. The molecule has 0 radical (unpaired) electrons. The Balaban J connectivity index is 2.42. The van der Waals surface area contributed by atoms with E-state index in [1.165, 1.54) is 6.07 Å². The van der Waals surface area contributed by atoms with E-state index in [0.29, 0.717) is 21.4 Å². The summed E-state index contributed by atoms with van der Waals surface area (Å²) < 4.78 is 13.3. The summed E-state index contributed by atoms with van der Waals surface area (Å²) in [4.78, 5) is 0. The fourth-order valence-electron chi connectivity index (χ4n) is 1.40. The topological polar surface area (TPSA) is 38.0 Å². The first kappa shape index (κ1) is 12.0. The van der Waals surface area contributed by atoms with Crippen LogP contribution in [0.25, 0.3) is 0 Å². The van der Waals surface area contributed by atoms with Crippen molar-refractivity contribution in [1.82, 2.24) is 0 Å². The number of nitrogens with two attached hydrogens (primary N) is 1. The highest BCUT2D eigenvalue weighted by Gasteiger charge is 2.09. The Morgan fingerprint density at radius 2 is 1.59 bits per heavy atom. The van der Waals surface area contributed by atoms with E-state index >= 15 is 0 Å². The first-order chi connectivity index (χ1) is 8.09. The van der Waals surface area contributed by atoms with Gasteiger partial charge in [-0.25, -0.2) is 4.39 Å². The predicted molar refractivity (Wildman–Crippen MR) is 70.6 cm³/mol. The molecule has 0 bridgehead atoms. The van der Waals surface area contributed by atoms with Crippen molar-refractivity contribution in [2.45, 2.75) is 0 Å². The van der Waals surface area contributed by atoms with Crippen LogP contribution >= 0.6 is 23.2 Å². The number of nitrogen functional groups attached to an aromatic ring is 1. The normalized spacial score (nSPS) is 10.3. The molecule has 17 heavy (non-hydrogen) atoms. The Bertz CT molecular complexity index is 538. The van der Waals surface area contributed by atoms with E-state index in [1.54, 1.807) is 30.3 Å². The SMILES string of the molecule is Nc1c(F)cccc1Nc1c(Cl)cccc1Cl. The van der Waals surface area contributed by atoms with Crippen molar-refractivity contribution in [1.29, 1.82) is 0 Å². The monoisotopic (exact) mass is 270 g/mol. The maximum absolute atomic E-state index is 13.3. The smallest absolute Gasteiger partial charge is 0.148 e. The summed E-state index contributed by atoms with van der Waals surface area (Å²) in [5.74, 6) is -0.488. The van der Waals surface area contributed by atoms with Gasteiger partial charge in [0.15, 0.2) is 0 Å². The molecule has 0 heterocycles. The van der Waals surface area contributed by atoms with Gasteiger partial charge in [0.05, 0.1) is 27.1 Å². The first-order valence-corrected chi connectivity index (χ1v) is 5.60. The maximum atomic E-state index is 13.3. The lowest BCUT2D eigenvalue weighted by Gasteiger charge is -2.12. The molecule has 0 aromatic heterocycles. The summed E-state index contributed by atoms with van der Waals surface area (Å²) in [5, 5.41) is 3.81. The number of rotatable bonds is 2. The molecule has 0 unspecified atom stereocenters. The molecule has 5 heteroatoms. The molecule has 3 N–H and O–H groups in total. The Labute approximate surface area is 108 Å².